The Hall–Kier alpha value is -0.480. The second kappa shape index (κ2) is 6.80. The number of halogens is 2. The molecule has 4 nitrogen and oxygen atoms in total. The topological polar surface area (TPSA) is 58.2 Å². The third kappa shape index (κ3) is 4.25. The summed E-state index contributed by atoms with van der Waals surface area (Å²) in [5.74, 6) is 0.123. The number of carbonyl (C=O) groups excluding carboxylic acids is 2. The highest BCUT2D eigenvalue weighted by molar-refractivity contribution is 6.27. The molecule has 2 amide bonds. The lowest BCUT2D eigenvalue weighted by atomic mass is 9.80. The highest BCUT2D eigenvalue weighted by Gasteiger charge is 2.46. The molecule has 0 radical (unpaired) electrons. The van der Waals surface area contributed by atoms with Gasteiger partial charge in [0.05, 0.1) is 0 Å². The lowest BCUT2D eigenvalue weighted by Gasteiger charge is -2.31. The molecule has 0 bridgehead atoms. The van der Waals surface area contributed by atoms with Crippen molar-refractivity contribution in [3.05, 3.63) is 0 Å². The Balaban J connectivity index is 2.74. The molecule has 0 saturated heterocycles. The molecule has 0 spiro atoms. The fourth-order valence-electron chi connectivity index (χ4n) is 3.13. The van der Waals surface area contributed by atoms with Crippen LogP contribution in [0, 0.1) is 17.3 Å². The van der Waals surface area contributed by atoms with Crippen LogP contribution in [0.15, 0.2) is 0 Å². The van der Waals surface area contributed by atoms with Crippen LogP contribution in [-0.2, 0) is 9.59 Å². The van der Waals surface area contributed by atoms with Gasteiger partial charge in [-0.05, 0) is 17.8 Å². The van der Waals surface area contributed by atoms with E-state index >= 15 is 0 Å². The zero-order chi connectivity index (χ0) is 14.6. The van der Waals surface area contributed by atoms with Gasteiger partial charge < -0.3 is 10.6 Å². The van der Waals surface area contributed by atoms with Gasteiger partial charge in [-0.25, -0.2) is 0 Å². The summed E-state index contributed by atoms with van der Waals surface area (Å²) in [6, 6.07) is 0.0388. The average Bonchev–Trinajstić information content (AvgIpc) is 2.56. The van der Waals surface area contributed by atoms with Gasteiger partial charge in [-0.3, -0.25) is 9.59 Å². The van der Waals surface area contributed by atoms with Gasteiger partial charge in [0, 0.05) is 18.5 Å². The van der Waals surface area contributed by atoms with E-state index in [0.29, 0.717) is 12.5 Å². The third-order valence-corrected chi connectivity index (χ3v) is 4.47. The van der Waals surface area contributed by atoms with Crippen molar-refractivity contribution in [2.45, 2.75) is 33.2 Å². The third-order valence-electron chi connectivity index (χ3n) is 3.99. The second-order valence-corrected chi connectivity index (χ2v) is 6.48. The van der Waals surface area contributed by atoms with Crippen LogP contribution >= 0.6 is 23.2 Å². The molecule has 3 atom stereocenters. The van der Waals surface area contributed by atoms with Crippen LogP contribution in [0.5, 0.6) is 0 Å². The summed E-state index contributed by atoms with van der Waals surface area (Å²) in [5, 5.41) is 5.79. The van der Waals surface area contributed by atoms with Gasteiger partial charge in [-0.15, -0.1) is 23.2 Å². The monoisotopic (exact) mass is 308 g/mol. The van der Waals surface area contributed by atoms with Gasteiger partial charge in [-0.1, -0.05) is 20.8 Å². The molecule has 1 aliphatic rings. The number of hydrogen-bond donors (Lipinski definition) is 2. The molecule has 0 heterocycles. The van der Waals surface area contributed by atoms with E-state index in [1.165, 1.54) is 0 Å². The molecule has 19 heavy (non-hydrogen) atoms. The molecular formula is C13H22Cl2N2O2. The van der Waals surface area contributed by atoms with E-state index in [4.69, 9.17) is 23.2 Å². The minimum absolute atomic E-state index is 0.0373. The van der Waals surface area contributed by atoms with Gasteiger partial charge >= 0.3 is 0 Å². The maximum atomic E-state index is 11.5. The Bertz CT molecular complexity index is 348. The normalized spacial score (nSPS) is 29.0. The standard InChI is InChI=1S/C13H22Cl2N2O2/c1-8-4-13(2,3)9(7-16-10(18)5-14)12(8)17-11(19)6-15/h8-9,12H,4-7H2,1-3H3,(H,16,18)(H,17,19). The Labute approximate surface area is 124 Å². The van der Waals surface area contributed by atoms with Crippen molar-refractivity contribution in [1.82, 2.24) is 10.6 Å². The van der Waals surface area contributed by atoms with Gasteiger partial charge in [-0.2, -0.15) is 0 Å². The molecular weight excluding hydrogens is 287 g/mol. The molecule has 1 aliphatic carbocycles. The van der Waals surface area contributed by atoms with Crippen LogP contribution in [0.3, 0.4) is 0 Å². The minimum atomic E-state index is -0.181. The Kier molecular flexibility index (Phi) is 5.93. The van der Waals surface area contributed by atoms with Crippen molar-refractivity contribution in [1.29, 1.82) is 0 Å². The van der Waals surface area contributed by atoms with Gasteiger partial charge in [0.15, 0.2) is 0 Å². The number of carbonyl (C=O) groups is 2. The Morgan fingerprint density at radius 2 is 1.79 bits per heavy atom. The van der Waals surface area contributed by atoms with Crippen molar-refractivity contribution in [3.8, 4) is 0 Å². The average molecular weight is 309 g/mol. The first kappa shape index (κ1) is 16.6. The first-order valence-corrected chi connectivity index (χ1v) is 7.56. The maximum Gasteiger partial charge on any atom is 0.235 e. The molecule has 3 unspecified atom stereocenters. The summed E-state index contributed by atoms with van der Waals surface area (Å²) in [5.41, 5.74) is 0.0588. The van der Waals surface area contributed by atoms with Gasteiger partial charge in [0.2, 0.25) is 11.8 Å². The molecule has 0 aromatic heterocycles. The van der Waals surface area contributed by atoms with Crippen molar-refractivity contribution >= 4 is 35.0 Å². The predicted octanol–water partition coefficient (Wildman–Crippen LogP) is 1.75. The number of nitrogens with one attached hydrogen (secondary N) is 2. The van der Waals surface area contributed by atoms with E-state index in [1.807, 2.05) is 0 Å². The highest BCUT2D eigenvalue weighted by atomic mass is 35.5. The van der Waals surface area contributed by atoms with Crippen molar-refractivity contribution in [2.75, 3.05) is 18.3 Å². The van der Waals surface area contributed by atoms with E-state index in [-0.39, 0.29) is 40.9 Å². The lowest BCUT2D eigenvalue weighted by molar-refractivity contribution is -0.119. The largest absolute Gasteiger partial charge is 0.355 e. The van der Waals surface area contributed by atoms with Crippen LogP contribution in [0.1, 0.15) is 27.2 Å². The second-order valence-electron chi connectivity index (χ2n) is 5.94. The fourth-order valence-corrected chi connectivity index (χ4v) is 3.30. The number of alkyl halides is 2. The molecule has 0 aromatic carbocycles. The van der Waals surface area contributed by atoms with Crippen LogP contribution in [0.2, 0.25) is 0 Å². The summed E-state index contributed by atoms with van der Waals surface area (Å²) in [6.45, 7) is 6.96. The zero-order valence-electron chi connectivity index (χ0n) is 11.6. The molecule has 1 saturated carbocycles. The minimum Gasteiger partial charge on any atom is -0.355 e. The van der Waals surface area contributed by atoms with Crippen LogP contribution < -0.4 is 10.6 Å². The molecule has 1 rings (SSSR count). The van der Waals surface area contributed by atoms with Gasteiger partial charge in [0.25, 0.3) is 0 Å². The molecule has 0 aliphatic heterocycles. The Morgan fingerprint density at radius 1 is 1.21 bits per heavy atom. The van der Waals surface area contributed by atoms with Gasteiger partial charge in [0.1, 0.15) is 11.8 Å². The maximum absolute atomic E-state index is 11.5. The van der Waals surface area contributed by atoms with Crippen LogP contribution in [0.4, 0.5) is 0 Å². The van der Waals surface area contributed by atoms with E-state index in [9.17, 15) is 9.59 Å². The van der Waals surface area contributed by atoms with E-state index < -0.39 is 0 Å². The van der Waals surface area contributed by atoms with Crippen molar-refractivity contribution in [3.63, 3.8) is 0 Å². The quantitative estimate of drug-likeness (QED) is 0.760. The molecule has 110 valence electrons. The summed E-state index contributed by atoms with van der Waals surface area (Å²) in [4.78, 5) is 22.8. The van der Waals surface area contributed by atoms with Crippen LogP contribution in [-0.4, -0.2) is 36.2 Å². The number of hydrogen-bond acceptors (Lipinski definition) is 2. The lowest BCUT2D eigenvalue weighted by Crippen LogP contribution is -2.47. The molecule has 6 heteroatoms. The first-order valence-electron chi connectivity index (χ1n) is 6.49. The van der Waals surface area contributed by atoms with E-state index in [2.05, 4.69) is 31.4 Å². The number of amides is 2. The fraction of sp³-hybridized carbons (Fsp3) is 0.846. The molecule has 0 aromatic rings. The summed E-state index contributed by atoms with van der Waals surface area (Å²) >= 11 is 11.0. The van der Waals surface area contributed by atoms with E-state index in [0.717, 1.165) is 6.42 Å². The SMILES string of the molecule is CC1CC(C)(C)C(CNC(=O)CCl)C1NC(=O)CCl. The number of rotatable bonds is 5. The zero-order valence-corrected chi connectivity index (χ0v) is 13.1. The van der Waals surface area contributed by atoms with Crippen molar-refractivity contribution in [2.24, 2.45) is 17.3 Å². The van der Waals surface area contributed by atoms with Crippen LogP contribution in [0.25, 0.3) is 0 Å². The molecule has 2 N–H and O–H groups in total. The predicted molar refractivity (Wildman–Crippen MR) is 77.4 cm³/mol. The first-order chi connectivity index (χ1) is 8.81. The summed E-state index contributed by atoms with van der Waals surface area (Å²) in [7, 11) is 0. The van der Waals surface area contributed by atoms with E-state index in [1.54, 1.807) is 0 Å². The smallest absolute Gasteiger partial charge is 0.235 e. The van der Waals surface area contributed by atoms with Crippen molar-refractivity contribution < 1.29 is 9.59 Å². The summed E-state index contributed by atoms with van der Waals surface area (Å²) < 4.78 is 0. The molecule has 1 fully saturated rings. The Morgan fingerprint density at radius 3 is 2.32 bits per heavy atom. The highest BCUT2D eigenvalue weighted by Crippen LogP contribution is 2.45. The summed E-state index contributed by atoms with van der Waals surface area (Å²) in [6.07, 6.45) is 1.00.